The maximum Gasteiger partial charge on any atom is 0.416 e. The fraction of sp³-hybridized carbons (Fsp3) is 0.235. The summed E-state index contributed by atoms with van der Waals surface area (Å²) in [4.78, 5) is 12.2. The first-order valence-corrected chi connectivity index (χ1v) is 7.34. The average molecular weight is 377 g/mol. The molecule has 1 N–H and O–H groups in total. The van der Waals surface area contributed by atoms with Crippen molar-refractivity contribution in [1.29, 1.82) is 0 Å². The molecule has 0 aromatic heterocycles. The number of carbonyl (C=O) groups excluding carboxylic acids is 1. The Morgan fingerprint density at radius 2 is 1.54 bits per heavy atom. The first-order chi connectivity index (χ1) is 12.0. The van der Waals surface area contributed by atoms with Gasteiger partial charge >= 0.3 is 12.4 Å². The van der Waals surface area contributed by atoms with Crippen molar-refractivity contribution in [3.63, 3.8) is 0 Å². The summed E-state index contributed by atoms with van der Waals surface area (Å²) in [6.45, 7) is 2.04. The second-order valence-corrected chi connectivity index (χ2v) is 5.21. The maximum absolute atomic E-state index is 12.8. The van der Waals surface area contributed by atoms with Crippen LogP contribution in [0.25, 0.3) is 0 Å². The summed E-state index contributed by atoms with van der Waals surface area (Å²) in [7, 11) is 0. The van der Waals surface area contributed by atoms with Gasteiger partial charge in [-0.25, -0.2) is 0 Å². The summed E-state index contributed by atoms with van der Waals surface area (Å²) < 4.78 is 82.2. The largest absolute Gasteiger partial charge is 0.494 e. The minimum absolute atomic E-state index is 0.00856. The Morgan fingerprint density at radius 1 is 0.962 bits per heavy atom. The van der Waals surface area contributed by atoms with Gasteiger partial charge in [-0.3, -0.25) is 4.79 Å². The zero-order chi connectivity index (χ0) is 19.5. The average Bonchev–Trinajstić information content (AvgIpc) is 2.53. The van der Waals surface area contributed by atoms with E-state index in [1.54, 1.807) is 13.0 Å². The first kappa shape index (κ1) is 19.6. The van der Waals surface area contributed by atoms with Crippen molar-refractivity contribution in [3.05, 3.63) is 59.2 Å². The SMILES string of the molecule is CCOc1cccc(C(=O)Nc2cc(C(F)(F)F)cc(C(F)(F)F)c2)c1. The summed E-state index contributed by atoms with van der Waals surface area (Å²) in [5, 5.41) is 2.06. The number of benzene rings is 2. The summed E-state index contributed by atoms with van der Waals surface area (Å²) in [5.74, 6) is -0.515. The van der Waals surface area contributed by atoms with Crippen LogP contribution in [-0.2, 0) is 12.4 Å². The first-order valence-electron chi connectivity index (χ1n) is 7.34. The maximum atomic E-state index is 12.8. The van der Waals surface area contributed by atoms with Crippen LogP contribution in [-0.4, -0.2) is 12.5 Å². The number of rotatable bonds is 4. The van der Waals surface area contributed by atoms with E-state index in [1.807, 2.05) is 0 Å². The van der Waals surface area contributed by atoms with Crippen LogP contribution in [0.3, 0.4) is 0 Å². The number of halogens is 6. The molecule has 0 aliphatic rings. The fourth-order valence-electron chi connectivity index (χ4n) is 2.12. The van der Waals surface area contributed by atoms with Crippen molar-refractivity contribution >= 4 is 11.6 Å². The molecule has 2 aromatic rings. The van der Waals surface area contributed by atoms with Crippen LogP contribution in [0.15, 0.2) is 42.5 Å². The molecule has 26 heavy (non-hydrogen) atoms. The Hall–Kier alpha value is -2.71. The topological polar surface area (TPSA) is 38.3 Å². The van der Waals surface area contributed by atoms with E-state index < -0.39 is 35.1 Å². The van der Waals surface area contributed by atoms with E-state index >= 15 is 0 Å². The minimum Gasteiger partial charge on any atom is -0.494 e. The van der Waals surface area contributed by atoms with E-state index in [4.69, 9.17) is 4.74 Å². The standard InChI is InChI=1S/C17H13F6NO2/c1-2-26-14-5-3-4-10(6-14)15(25)24-13-8-11(16(18,19)20)7-12(9-13)17(21,22)23/h3-9H,2H2,1H3,(H,24,25). The number of amides is 1. The monoisotopic (exact) mass is 377 g/mol. The lowest BCUT2D eigenvalue weighted by atomic mass is 10.1. The van der Waals surface area contributed by atoms with E-state index in [0.29, 0.717) is 24.5 Å². The number of anilines is 1. The third-order valence-corrected chi connectivity index (χ3v) is 3.25. The predicted molar refractivity (Wildman–Crippen MR) is 82.0 cm³/mol. The van der Waals surface area contributed by atoms with Crippen molar-refractivity contribution in [2.45, 2.75) is 19.3 Å². The number of hydrogen-bond acceptors (Lipinski definition) is 2. The molecule has 0 aliphatic carbocycles. The van der Waals surface area contributed by atoms with Crippen LogP contribution in [0.4, 0.5) is 32.0 Å². The molecule has 3 nitrogen and oxygen atoms in total. The van der Waals surface area contributed by atoms with Crippen LogP contribution < -0.4 is 10.1 Å². The molecule has 0 heterocycles. The fourth-order valence-corrected chi connectivity index (χ4v) is 2.12. The highest BCUT2D eigenvalue weighted by Gasteiger charge is 2.37. The third-order valence-electron chi connectivity index (χ3n) is 3.25. The number of alkyl halides is 6. The molecule has 2 aromatic carbocycles. The summed E-state index contributed by atoms with van der Waals surface area (Å²) in [6.07, 6.45) is -9.98. The second kappa shape index (κ2) is 7.27. The molecule has 140 valence electrons. The van der Waals surface area contributed by atoms with Gasteiger partial charge in [0.05, 0.1) is 17.7 Å². The van der Waals surface area contributed by atoms with Gasteiger partial charge in [0.15, 0.2) is 0 Å². The van der Waals surface area contributed by atoms with E-state index in [1.165, 1.54) is 18.2 Å². The van der Waals surface area contributed by atoms with Gasteiger partial charge in [-0.1, -0.05) is 6.07 Å². The van der Waals surface area contributed by atoms with Gasteiger partial charge < -0.3 is 10.1 Å². The zero-order valence-corrected chi connectivity index (χ0v) is 13.3. The lowest BCUT2D eigenvalue weighted by molar-refractivity contribution is -0.143. The number of ether oxygens (including phenoxy) is 1. The van der Waals surface area contributed by atoms with Gasteiger partial charge in [0, 0.05) is 11.3 Å². The Morgan fingerprint density at radius 3 is 2.04 bits per heavy atom. The zero-order valence-electron chi connectivity index (χ0n) is 13.3. The normalized spacial score (nSPS) is 12.0. The van der Waals surface area contributed by atoms with Crippen LogP contribution >= 0.6 is 0 Å². The Balaban J connectivity index is 2.36. The molecule has 9 heteroatoms. The number of carbonyl (C=O) groups is 1. The van der Waals surface area contributed by atoms with Gasteiger partial charge in [0.25, 0.3) is 5.91 Å². The van der Waals surface area contributed by atoms with Gasteiger partial charge in [0.2, 0.25) is 0 Å². The third kappa shape index (κ3) is 4.90. The molecular formula is C17H13F6NO2. The summed E-state index contributed by atoms with van der Waals surface area (Å²) >= 11 is 0. The van der Waals surface area contributed by atoms with Crippen molar-refractivity contribution in [2.24, 2.45) is 0 Å². The van der Waals surface area contributed by atoms with Gasteiger partial charge in [0.1, 0.15) is 5.75 Å². The van der Waals surface area contributed by atoms with Crippen molar-refractivity contribution in [1.82, 2.24) is 0 Å². The highest BCUT2D eigenvalue weighted by Crippen LogP contribution is 2.37. The van der Waals surface area contributed by atoms with Gasteiger partial charge in [-0.15, -0.1) is 0 Å². The molecular weight excluding hydrogens is 364 g/mol. The summed E-state index contributed by atoms with van der Waals surface area (Å²) in [6, 6.07) is 6.61. The lowest BCUT2D eigenvalue weighted by Crippen LogP contribution is -2.16. The highest BCUT2D eigenvalue weighted by atomic mass is 19.4. The molecule has 0 fully saturated rings. The quantitative estimate of drug-likeness (QED) is 0.727. The van der Waals surface area contributed by atoms with E-state index in [2.05, 4.69) is 5.32 Å². The Bertz CT molecular complexity index is 766. The minimum atomic E-state index is -4.99. The van der Waals surface area contributed by atoms with Crippen molar-refractivity contribution < 1.29 is 35.9 Å². The number of nitrogens with one attached hydrogen (secondary N) is 1. The van der Waals surface area contributed by atoms with Gasteiger partial charge in [-0.2, -0.15) is 26.3 Å². The molecule has 0 aliphatic heterocycles. The molecule has 0 radical (unpaired) electrons. The Labute approximate surface area is 144 Å². The molecule has 0 atom stereocenters. The van der Waals surface area contributed by atoms with Gasteiger partial charge in [-0.05, 0) is 43.3 Å². The molecule has 2 rings (SSSR count). The number of hydrogen-bond donors (Lipinski definition) is 1. The Kier molecular flexibility index (Phi) is 5.48. The molecule has 0 unspecified atom stereocenters. The van der Waals surface area contributed by atoms with E-state index in [9.17, 15) is 31.1 Å². The van der Waals surface area contributed by atoms with Crippen molar-refractivity contribution in [2.75, 3.05) is 11.9 Å². The molecule has 0 spiro atoms. The lowest BCUT2D eigenvalue weighted by Gasteiger charge is -2.15. The molecule has 0 bridgehead atoms. The summed E-state index contributed by atoms with van der Waals surface area (Å²) in [5.41, 5.74) is -3.60. The van der Waals surface area contributed by atoms with Crippen LogP contribution in [0.1, 0.15) is 28.4 Å². The predicted octanol–water partition coefficient (Wildman–Crippen LogP) is 5.38. The molecule has 1 amide bonds. The van der Waals surface area contributed by atoms with Crippen LogP contribution in [0.5, 0.6) is 5.75 Å². The highest BCUT2D eigenvalue weighted by molar-refractivity contribution is 6.04. The molecule has 0 saturated carbocycles. The molecule has 0 saturated heterocycles. The van der Waals surface area contributed by atoms with E-state index in [-0.39, 0.29) is 11.6 Å². The second-order valence-electron chi connectivity index (χ2n) is 5.21. The van der Waals surface area contributed by atoms with Crippen LogP contribution in [0.2, 0.25) is 0 Å². The van der Waals surface area contributed by atoms with E-state index in [0.717, 1.165) is 0 Å². The smallest absolute Gasteiger partial charge is 0.416 e. The van der Waals surface area contributed by atoms with Crippen LogP contribution in [0, 0.1) is 0 Å². The van der Waals surface area contributed by atoms with Crippen molar-refractivity contribution in [3.8, 4) is 5.75 Å².